The summed E-state index contributed by atoms with van der Waals surface area (Å²) in [7, 11) is 0. The zero-order valence-corrected chi connectivity index (χ0v) is 10.1. The average Bonchev–Trinajstić information content (AvgIpc) is 2.32. The fourth-order valence-corrected chi connectivity index (χ4v) is 1.29. The highest BCUT2D eigenvalue weighted by Gasteiger charge is 2.00. The largest absolute Gasteiger partial charge is 0.493 e. The van der Waals surface area contributed by atoms with Crippen molar-refractivity contribution in [3.05, 3.63) is 29.8 Å². The van der Waals surface area contributed by atoms with Crippen molar-refractivity contribution in [3.8, 4) is 5.75 Å². The predicted octanol–water partition coefficient (Wildman–Crippen LogP) is 1.26. The molecule has 17 heavy (non-hydrogen) atoms. The monoisotopic (exact) mass is 237 g/mol. The second-order valence-electron chi connectivity index (χ2n) is 3.84. The van der Waals surface area contributed by atoms with E-state index in [-0.39, 0.29) is 12.5 Å². The number of aryl methyl sites for hydroxylation is 1. The normalized spacial score (nSPS) is 10.0. The maximum Gasteiger partial charge on any atom is 0.223 e. The molecular formula is C13H19NO3. The van der Waals surface area contributed by atoms with Crippen LogP contribution >= 0.6 is 0 Å². The van der Waals surface area contributed by atoms with E-state index in [9.17, 15) is 4.79 Å². The van der Waals surface area contributed by atoms with Gasteiger partial charge in [-0.3, -0.25) is 4.79 Å². The van der Waals surface area contributed by atoms with Crippen LogP contribution in [0.1, 0.15) is 18.4 Å². The summed E-state index contributed by atoms with van der Waals surface area (Å²) in [6.07, 6.45) is 0.921. The molecule has 0 unspecified atom stereocenters. The van der Waals surface area contributed by atoms with Gasteiger partial charge in [0.25, 0.3) is 0 Å². The van der Waals surface area contributed by atoms with Crippen molar-refractivity contribution in [3.63, 3.8) is 0 Å². The molecule has 1 rings (SSSR count). The number of carbonyl (C=O) groups excluding carboxylic acids is 1. The zero-order valence-electron chi connectivity index (χ0n) is 10.1. The van der Waals surface area contributed by atoms with E-state index in [0.717, 1.165) is 5.75 Å². The number of hydrogen-bond acceptors (Lipinski definition) is 3. The Morgan fingerprint density at radius 3 is 2.71 bits per heavy atom. The van der Waals surface area contributed by atoms with Gasteiger partial charge in [-0.2, -0.15) is 0 Å². The van der Waals surface area contributed by atoms with E-state index in [0.29, 0.717) is 26.0 Å². The van der Waals surface area contributed by atoms with Gasteiger partial charge in [-0.15, -0.1) is 0 Å². The maximum absolute atomic E-state index is 11.3. The Labute approximate surface area is 102 Å². The number of aliphatic hydroxyl groups is 1. The summed E-state index contributed by atoms with van der Waals surface area (Å²) in [6, 6.07) is 7.71. The first-order valence-electron chi connectivity index (χ1n) is 5.79. The smallest absolute Gasteiger partial charge is 0.223 e. The molecule has 94 valence electrons. The van der Waals surface area contributed by atoms with E-state index in [1.54, 1.807) is 0 Å². The second kappa shape index (κ2) is 7.68. The first kappa shape index (κ1) is 13.5. The maximum atomic E-state index is 11.3. The van der Waals surface area contributed by atoms with Crippen LogP contribution in [0.5, 0.6) is 5.75 Å². The van der Waals surface area contributed by atoms with Crippen LogP contribution in [0.15, 0.2) is 24.3 Å². The van der Waals surface area contributed by atoms with Gasteiger partial charge >= 0.3 is 0 Å². The Kier molecular flexibility index (Phi) is 6.10. The second-order valence-corrected chi connectivity index (χ2v) is 3.84. The molecule has 0 aliphatic rings. The fourth-order valence-electron chi connectivity index (χ4n) is 1.29. The van der Waals surface area contributed by atoms with Crippen molar-refractivity contribution < 1.29 is 14.6 Å². The summed E-state index contributed by atoms with van der Waals surface area (Å²) in [6.45, 7) is 2.99. The van der Waals surface area contributed by atoms with Crippen LogP contribution in [-0.2, 0) is 4.79 Å². The highest BCUT2D eigenvalue weighted by Crippen LogP contribution is 2.11. The molecule has 4 nitrogen and oxygen atoms in total. The summed E-state index contributed by atoms with van der Waals surface area (Å²) < 4.78 is 5.43. The molecule has 4 heteroatoms. The number of carbonyl (C=O) groups is 1. The number of rotatable bonds is 7. The molecule has 0 fully saturated rings. The van der Waals surface area contributed by atoms with Gasteiger partial charge in [-0.25, -0.2) is 0 Å². The lowest BCUT2D eigenvalue weighted by Crippen LogP contribution is -2.26. The van der Waals surface area contributed by atoms with Gasteiger partial charge in [0, 0.05) is 13.2 Å². The van der Waals surface area contributed by atoms with Gasteiger partial charge in [-0.05, 0) is 25.5 Å². The third-order valence-electron chi connectivity index (χ3n) is 2.28. The van der Waals surface area contributed by atoms with Crippen molar-refractivity contribution in [2.24, 2.45) is 0 Å². The molecule has 1 amide bonds. The van der Waals surface area contributed by atoms with Crippen LogP contribution in [0.3, 0.4) is 0 Å². The van der Waals surface area contributed by atoms with Crippen molar-refractivity contribution >= 4 is 5.91 Å². The molecule has 0 saturated carbocycles. The molecule has 0 saturated heterocycles. The summed E-state index contributed by atoms with van der Waals surface area (Å²) >= 11 is 0. The Hall–Kier alpha value is -1.55. The summed E-state index contributed by atoms with van der Waals surface area (Å²) in [5.74, 6) is 0.726. The van der Waals surface area contributed by atoms with E-state index in [1.807, 2.05) is 31.2 Å². The van der Waals surface area contributed by atoms with Crippen LogP contribution in [0.2, 0.25) is 0 Å². The van der Waals surface area contributed by atoms with Gasteiger partial charge in [0.05, 0.1) is 13.0 Å². The van der Waals surface area contributed by atoms with E-state index in [2.05, 4.69) is 5.32 Å². The van der Waals surface area contributed by atoms with Crippen LogP contribution in [-0.4, -0.2) is 30.8 Å². The molecule has 0 atom stereocenters. The van der Waals surface area contributed by atoms with Crippen molar-refractivity contribution in [2.75, 3.05) is 19.8 Å². The predicted molar refractivity (Wildman–Crippen MR) is 66.0 cm³/mol. The Bertz CT molecular complexity index is 335. The van der Waals surface area contributed by atoms with E-state index in [1.165, 1.54) is 5.56 Å². The van der Waals surface area contributed by atoms with Crippen LogP contribution in [0, 0.1) is 6.92 Å². The molecule has 0 spiro atoms. The zero-order chi connectivity index (χ0) is 12.5. The Morgan fingerprint density at radius 1 is 1.35 bits per heavy atom. The van der Waals surface area contributed by atoms with Crippen LogP contribution in [0.4, 0.5) is 0 Å². The van der Waals surface area contributed by atoms with Crippen molar-refractivity contribution in [2.45, 2.75) is 19.8 Å². The lowest BCUT2D eigenvalue weighted by Gasteiger charge is -2.07. The minimum Gasteiger partial charge on any atom is -0.493 e. The Morgan fingerprint density at radius 2 is 2.06 bits per heavy atom. The van der Waals surface area contributed by atoms with Crippen LogP contribution in [0.25, 0.3) is 0 Å². The van der Waals surface area contributed by atoms with E-state index >= 15 is 0 Å². The highest BCUT2D eigenvalue weighted by atomic mass is 16.5. The molecule has 0 aliphatic heterocycles. The average molecular weight is 237 g/mol. The standard InChI is InChI=1S/C13H19NO3/c1-11-3-5-12(6-4-11)17-10-7-13(16)14-8-2-9-15/h3-6,15H,2,7-10H2,1H3,(H,14,16). The number of nitrogens with one attached hydrogen (secondary N) is 1. The molecular weight excluding hydrogens is 218 g/mol. The van der Waals surface area contributed by atoms with Gasteiger partial charge in [0.1, 0.15) is 5.75 Å². The number of ether oxygens (including phenoxy) is 1. The lowest BCUT2D eigenvalue weighted by molar-refractivity contribution is -0.121. The first-order chi connectivity index (χ1) is 8.22. The molecule has 0 aromatic heterocycles. The third kappa shape index (κ3) is 5.92. The molecule has 2 N–H and O–H groups in total. The third-order valence-corrected chi connectivity index (χ3v) is 2.28. The number of benzene rings is 1. The molecule has 1 aromatic carbocycles. The minimum atomic E-state index is -0.0504. The quantitative estimate of drug-likeness (QED) is 0.702. The summed E-state index contributed by atoms with van der Waals surface area (Å²) in [5, 5.41) is 11.3. The number of aliphatic hydroxyl groups excluding tert-OH is 1. The van der Waals surface area contributed by atoms with E-state index in [4.69, 9.17) is 9.84 Å². The molecule has 0 heterocycles. The number of amides is 1. The van der Waals surface area contributed by atoms with Gasteiger partial charge in [0.2, 0.25) is 5.91 Å². The van der Waals surface area contributed by atoms with Crippen LogP contribution < -0.4 is 10.1 Å². The molecule has 0 aliphatic carbocycles. The molecule has 1 aromatic rings. The SMILES string of the molecule is Cc1ccc(OCCC(=O)NCCCO)cc1. The first-order valence-corrected chi connectivity index (χ1v) is 5.79. The summed E-state index contributed by atoms with van der Waals surface area (Å²) in [4.78, 5) is 11.3. The van der Waals surface area contributed by atoms with Crippen molar-refractivity contribution in [1.82, 2.24) is 5.32 Å². The number of hydrogen-bond donors (Lipinski definition) is 2. The molecule has 0 radical (unpaired) electrons. The Balaban J connectivity index is 2.14. The highest BCUT2D eigenvalue weighted by molar-refractivity contribution is 5.75. The minimum absolute atomic E-state index is 0.0504. The van der Waals surface area contributed by atoms with Gasteiger partial charge < -0.3 is 15.2 Å². The lowest BCUT2D eigenvalue weighted by atomic mass is 10.2. The fraction of sp³-hybridized carbons (Fsp3) is 0.462. The molecule has 0 bridgehead atoms. The van der Waals surface area contributed by atoms with Crippen molar-refractivity contribution in [1.29, 1.82) is 0 Å². The van der Waals surface area contributed by atoms with E-state index < -0.39 is 0 Å². The van der Waals surface area contributed by atoms with Gasteiger partial charge in [0.15, 0.2) is 0 Å². The topological polar surface area (TPSA) is 58.6 Å². The summed E-state index contributed by atoms with van der Waals surface area (Å²) in [5.41, 5.74) is 1.18. The van der Waals surface area contributed by atoms with Gasteiger partial charge in [-0.1, -0.05) is 17.7 Å².